The van der Waals surface area contributed by atoms with Crippen LogP contribution in [0.3, 0.4) is 0 Å². The Labute approximate surface area is 429 Å². The van der Waals surface area contributed by atoms with Gasteiger partial charge in [0, 0.05) is 19.3 Å². The van der Waals surface area contributed by atoms with E-state index in [1.165, 1.54) is 38.5 Å². The summed E-state index contributed by atoms with van der Waals surface area (Å²) < 4.78 is 28.3. The normalized spacial score (nSPS) is 19.0. The Bertz CT molecular complexity index is 1510. The minimum Gasteiger partial charge on any atom is -0.479 e. The summed E-state index contributed by atoms with van der Waals surface area (Å²) in [5, 5.41) is 31.4. The van der Waals surface area contributed by atoms with Crippen LogP contribution in [0.15, 0.2) is 72.9 Å². The second kappa shape index (κ2) is 47.2. The third-order valence-electron chi connectivity index (χ3n) is 12.2. The van der Waals surface area contributed by atoms with Gasteiger partial charge in [0.05, 0.1) is 6.61 Å². The number of allylic oxidation sites excluding steroid dienone is 12. The molecule has 0 aromatic carbocycles. The van der Waals surface area contributed by atoms with Crippen LogP contribution in [-0.4, -0.2) is 89.2 Å². The van der Waals surface area contributed by atoms with Gasteiger partial charge in [0.25, 0.3) is 0 Å². The molecule has 406 valence electrons. The third-order valence-corrected chi connectivity index (χ3v) is 12.2. The summed E-state index contributed by atoms with van der Waals surface area (Å²) in [6, 6.07) is 0. The van der Waals surface area contributed by atoms with Crippen molar-refractivity contribution >= 4 is 23.9 Å². The van der Waals surface area contributed by atoms with Crippen molar-refractivity contribution < 1.29 is 58.2 Å². The fraction of sp³-hybridized carbons (Fsp3) is 0.729. The summed E-state index contributed by atoms with van der Waals surface area (Å²) in [5.74, 6) is -3.19. The molecule has 6 atom stereocenters. The first kappa shape index (κ1) is 65.2. The van der Waals surface area contributed by atoms with Crippen LogP contribution in [0.1, 0.15) is 226 Å². The summed E-state index contributed by atoms with van der Waals surface area (Å²) in [4.78, 5) is 51.0. The lowest BCUT2D eigenvalue weighted by Crippen LogP contribution is -2.61. The molecule has 0 amide bonds. The Hall–Kier alpha value is -3.84. The number of ether oxygens (including phenoxy) is 5. The average molecular weight is 999 g/mol. The van der Waals surface area contributed by atoms with Crippen molar-refractivity contribution in [1.29, 1.82) is 0 Å². The topological polar surface area (TPSA) is 175 Å². The highest BCUT2D eigenvalue weighted by molar-refractivity contribution is 5.74. The zero-order valence-corrected chi connectivity index (χ0v) is 44.4. The summed E-state index contributed by atoms with van der Waals surface area (Å²) in [6.07, 6.45) is 46.0. The largest absolute Gasteiger partial charge is 0.479 e. The van der Waals surface area contributed by atoms with Crippen molar-refractivity contribution in [1.82, 2.24) is 0 Å². The molecule has 3 N–H and O–H groups in total. The SMILES string of the molecule is CC/C=C\C/C=C\C/C=C\CCCCCC(=O)OC1C(OCC(COC(=O)CCCCCCC/C=C\CCCCCCCC)OC(=O)CCCCCCC/C=C\C/C=C\CCC)OC(C(=O)O)C(O)C1O. The lowest BCUT2D eigenvalue weighted by Gasteiger charge is -2.40. The van der Waals surface area contributed by atoms with Gasteiger partial charge in [0.1, 0.15) is 18.8 Å². The van der Waals surface area contributed by atoms with Crippen LogP contribution in [0.5, 0.6) is 0 Å². The molecule has 1 aliphatic heterocycles. The molecular formula is C59H98O12. The zero-order valence-electron chi connectivity index (χ0n) is 44.4. The van der Waals surface area contributed by atoms with E-state index in [2.05, 4.69) is 93.7 Å². The van der Waals surface area contributed by atoms with Gasteiger partial charge < -0.3 is 39.0 Å². The van der Waals surface area contributed by atoms with Crippen LogP contribution in [0.2, 0.25) is 0 Å². The van der Waals surface area contributed by atoms with Gasteiger partial charge in [-0.1, -0.05) is 177 Å². The van der Waals surface area contributed by atoms with Crippen molar-refractivity contribution in [2.45, 2.75) is 263 Å². The Morgan fingerprint density at radius 2 is 0.915 bits per heavy atom. The number of carboxylic acid groups (broad SMARTS) is 1. The molecule has 1 rings (SSSR count). The third kappa shape index (κ3) is 37.6. The maximum atomic E-state index is 13.1. The number of hydrogen-bond donors (Lipinski definition) is 3. The molecule has 0 radical (unpaired) electrons. The number of carboxylic acids is 1. The smallest absolute Gasteiger partial charge is 0.335 e. The molecule has 71 heavy (non-hydrogen) atoms. The maximum absolute atomic E-state index is 13.1. The van der Waals surface area contributed by atoms with E-state index in [0.29, 0.717) is 19.3 Å². The highest BCUT2D eigenvalue weighted by atomic mass is 16.7. The predicted octanol–water partition coefficient (Wildman–Crippen LogP) is 13.8. The molecule has 0 aromatic rings. The molecule has 12 heteroatoms. The van der Waals surface area contributed by atoms with Crippen LogP contribution in [0.4, 0.5) is 0 Å². The van der Waals surface area contributed by atoms with Crippen molar-refractivity contribution in [3.05, 3.63) is 72.9 Å². The van der Waals surface area contributed by atoms with Crippen LogP contribution < -0.4 is 0 Å². The van der Waals surface area contributed by atoms with Crippen molar-refractivity contribution in [2.24, 2.45) is 0 Å². The van der Waals surface area contributed by atoms with E-state index in [-0.39, 0.29) is 25.9 Å². The van der Waals surface area contributed by atoms with Gasteiger partial charge >= 0.3 is 23.9 Å². The Morgan fingerprint density at radius 1 is 0.479 bits per heavy atom. The van der Waals surface area contributed by atoms with E-state index in [9.17, 15) is 34.5 Å². The van der Waals surface area contributed by atoms with Gasteiger partial charge in [-0.2, -0.15) is 0 Å². The molecule has 1 heterocycles. The first-order chi connectivity index (χ1) is 34.6. The van der Waals surface area contributed by atoms with Gasteiger partial charge in [-0.3, -0.25) is 14.4 Å². The second-order valence-corrected chi connectivity index (χ2v) is 18.8. The van der Waals surface area contributed by atoms with E-state index in [4.69, 9.17) is 23.7 Å². The van der Waals surface area contributed by atoms with E-state index in [1.807, 2.05) is 0 Å². The molecule has 0 aromatic heterocycles. The minimum atomic E-state index is -1.92. The Morgan fingerprint density at radius 3 is 1.44 bits per heavy atom. The maximum Gasteiger partial charge on any atom is 0.335 e. The van der Waals surface area contributed by atoms with E-state index in [0.717, 1.165) is 128 Å². The zero-order chi connectivity index (χ0) is 51.8. The number of aliphatic carboxylic acids is 1. The summed E-state index contributed by atoms with van der Waals surface area (Å²) >= 11 is 0. The number of aliphatic hydroxyl groups excluding tert-OH is 2. The van der Waals surface area contributed by atoms with Gasteiger partial charge in [-0.15, -0.1) is 0 Å². The number of aliphatic hydroxyl groups is 2. The molecule has 0 bridgehead atoms. The van der Waals surface area contributed by atoms with Gasteiger partial charge in [0.2, 0.25) is 0 Å². The standard InChI is InChI=1S/C59H98O12/c1-4-7-10-13-16-19-22-25-26-29-30-33-36-39-42-45-51(60)67-48-50(69-52(61)46-43-40-37-34-31-27-23-20-17-14-11-8-5-2)49-68-59-57(55(64)54(63)56(71-59)58(65)66)70-53(62)47-44-41-38-35-32-28-24-21-18-15-12-9-6-3/h9,11-12,14,18,20-21,23,25-26,28,32,50,54-57,59,63-64H,4-8,10,13,15-17,19,22,24,27,29-31,33-49H2,1-3H3,(H,65,66)/b12-9-,14-11-,21-18-,23-20-,26-25-,32-28-. The van der Waals surface area contributed by atoms with Crippen LogP contribution in [0, 0.1) is 0 Å². The van der Waals surface area contributed by atoms with Gasteiger partial charge in [-0.25, -0.2) is 4.79 Å². The molecule has 12 nitrogen and oxygen atoms in total. The van der Waals surface area contributed by atoms with Crippen LogP contribution in [-0.2, 0) is 42.9 Å². The first-order valence-corrected chi connectivity index (χ1v) is 27.9. The van der Waals surface area contributed by atoms with E-state index >= 15 is 0 Å². The molecule has 6 unspecified atom stereocenters. The lowest BCUT2D eigenvalue weighted by atomic mass is 9.98. The van der Waals surface area contributed by atoms with Crippen LogP contribution >= 0.6 is 0 Å². The van der Waals surface area contributed by atoms with Crippen molar-refractivity contribution in [2.75, 3.05) is 13.2 Å². The minimum absolute atomic E-state index is 0.0209. The quantitative estimate of drug-likeness (QED) is 0.0228. The van der Waals surface area contributed by atoms with Crippen molar-refractivity contribution in [3.63, 3.8) is 0 Å². The summed E-state index contributed by atoms with van der Waals surface area (Å²) in [7, 11) is 0. The molecule has 1 aliphatic rings. The fourth-order valence-corrected chi connectivity index (χ4v) is 7.94. The first-order valence-electron chi connectivity index (χ1n) is 27.9. The number of carbonyl (C=O) groups is 4. The monoisotopic (exact) mass is 999 g/mol. The predicted molar refractivity (Wildman–Crippen MR) is 285 cm³/mol. The highest BCUT2D eigenvalue weighted by Crippen LogP contribution is 2.26. The average Bonchev–Trinajstić information content (AvgIpc) is 3.35. The number of hydrogen-bond acceptors (Lipinski definition) is 11. The van der Waals surface area contributed by atoms with Crippen molar-refractivity contribution in [3.8, 4) is 0 Å². The number of carbonyl (C=O) groups excluding carboxylic acids is 3. The van der Waals surface area contributed by atoms with Gasteiger partial charge in [-0.05, 0) is 103 Å². The van der Waals surface area contributed by atoms with Gasteiger partial charge in [0.15, 0.2) is 24.6 Å². The number of rotatable bonds is 46. The number of unbranched alkanes of at least 4 members (excludes halogenated alkanes) is 20. The molecular weight excluding hydrogens is 901 g/mol. The Kier molecular flexibility index (Phi) is 43.3. The lowest BCUT2D eigenvalue weighted by molar-refractivity contribution is -0.301. The molecule has 0 spiro atoms. The van der Waals surface area contributed by atoms with E-state index < -0.39 is 67.3 Å². The fourth-order valence-electron chi connectivity index (χ4n) is 7.94. The Balaban J connectivity index is 2.74. The molecule has 1 fully saturated rings. The number of esters is 3. The summed E-state index contributed by atoms with van der Waals surface area (Å²) in [6.45, 7) is 5.76. The van der Waals surface area contributed by atoms with E-state index in [1.54, 1.807) is 0 Å². The second-order valence-electron chi connectivity index (χ2n) is 18.8. The molecule has 1 saturated heterocycles. The highest BCUT2D eigenvalue weighted by Gasteiger charge is 2.50. The van der Waals surface area contributed by atoms with Crippen LogP contribution in [0.25, 0.3) is 0 Å². The molecule has 0 saturated carbocycles. The molecule has 0 aliphatic carbocycles. The summed E-state index contributed by atoms with van der Waals surface area (Å²) in [5.41, 5.74) is 0.